The van der Waals surface area contributed by atoms with Crippen LogP contribution in [0, 0.1) is 6.92 Å². The first-order chi connectivity index (χ1) is 19.4. The van der Waals surface area contributed by atoms with Gasteiger partial charge in [-0.2, -0.15) is 0 Å². The molecule has 220 valence electrons. The second kappa shape index (κ2) is 14.4. The van der Waals surface area contributed by atoms with Crippen molar-refractivity contribution in [3.05, 3.63) is 94.5 Å². The molecule has 0 radical (unpaired) electrons. The largest absolute Gasteiger partial charge is 0.495 e. The minimum Gasteiger partial charge on any atom is -0.495 e. The summed E-state index contributed by atoms with van der Waals surface area (Å²) in [6.45, 7) is 5.21. The summed E-state index contributed by atoms with van der Waals surface area (Å²) < 4.78 is 32.6. The van der Waals surface area contributed by atoms with E-state index >= 15 is 0 Å². The number of carbonyl (C=O) groups is 2. The van der Waals surface area contributed by atoms with Gasteiger partial charge in [-0.3, -0.25) is 13.9 Å². The number of hydrogen-bond acceptors (Lipinski definition) is 5. The van der Waals surface area contributed by atoms with Crippen molar-refractivity contribution in [2.75, 3.05) is 24.2 Å². The van der Waals surface area contributed by atoms with E-state index in [-0.39, 0.29) is 30.6 Å². The van der Waals surface area contributed by atoms with Gasteiger partial charge in [-0.15, -0.1) is 0 Å². The quantitative estimate of drug-likeness (QED) is 0.299. The van der Waals surface area contributed by atoms with Crippen LogP contribution in [0.25, 0.3) is 0 Å². The first-order valence-electron chi connectivity index (χ1n) is 13.4. The fourth-order valence-electron chi connectivity index (χ4n) is 4.42. The molecule has 0 spiro atoms. The van der Waals surface area contributed by atoms with Crippen molar-refractivity contribution < 1.29 is 22.7 Å². The van der Waals surface area contributed by atoms with Crippen molar-refractivity contribution in [1.29, 1.82) is 0 Å². The Hall–Kier alpha value is -3.56. The number of anilines is 1. The third kappa shape index (κ3) is 8.96. The van der Waals surface area contributed by atoms with Crippen LogP contribution in [0.2, 0.25) is 5.02 Å². The normalized spacial score (nSPS) is 12.7. The molecule has 41 heavy (non-hydrogen) atoms. The SMILES string of the molecule is CC[C@@H](C)NC(=O)[C@H](Cc1ccccc1)N(Cc1cccc(Cl)c1)C(=O)CN(c1cc(C)ccc1OC)S(C)(=O)=O. The Bertz CT molecular complexity index is 1450. The molecule has 2 amide bonds. The van der Waals surface area contributed by atoms with E-state index in [9.17, 15) is 18.0 Å². The van der Waals surface area contributed by atoms with Crippen LogP contribution >= 0.6 is 11.6 Å². The first-order valence-corrected chi connectivity index (χ1v) is 15.7. The second-order valence-electron chi connectivity index (χ2n) is 10.1. The molecule has 8 nitrogen and oxygen atoms in total. The number of nitrogens with zero attached hydrogens (tertiary/aromatic N) is 2. The number of benzene rings is 3. The van der Waals surface area contributed by atoms with Gasteiger partial charge in [-0.25, -0.2) is 8.42 Å². The molecule has 10 heteroatoms. The molecular weight excluding hydrogens is 562 g/mol. The lowest BCUT2D eigenvalue weighted by Gasteiger charge is -2.34. The van der Waals surface area contributed by atoms with Gasteiger partial charge in [0.2, 0.25) is 21.8 Å². The molecule has 0 fully saturated rings. The highest BCUT2D eigenvalue weighted by Crippen LogP contribution is 2.31. The highest BCUT2D eigenvalue weighted by molar-refractivity contribution is 7.92. The van der Waals surface area contributed by atoms with Crippen LogP contribution in [0.5, 0.6) is 5.75 Å². The lowest BCUT2D eigenvalue weighted by Crippen LogP contribution is -2.54. The molecule has 0 saturated heterocycles. The van der Waals surface area contributed by atoms with Gasteiger partial charge in [0.05, 0.1) is 19.1 Å². The third-order valence-electron chi connectivity index (χ3n) is 6.80. The van der Waals surface area contributed by atoms with Crippen molar-refractivity contribution in [3.8, 4) is 5.75 Å². The lowest BCUT2D eigenvalue weighted by molar-refractivity contribution is -0.140. The molecule has 3 aromatic rings. The van der Waals surface area contributed by atoms with Crippen LogP contribution < -0.4 is 14.4 Å². The van der Waals surface area contributed by atoms with Crippen LogP contribution in [0.1, 0.15) is 37.0 Å². The zero-order chi connectivity index (χ0) is 30.2. The molecule has 3 aromatic carbocycles. The molecule has 0 bridgehead atoms. The summed E-state index contributed by atoms with van der Waals surface area (Å²) >= 11 is 6.26. The summed E-state index contributed by atoms with van der Waals surface area (Å²) in [7, 11) is -2.48. The van der Waals surface area contributed by atoms with Crippen molar-refractivity contribution in [2.24, 2.45) is 0 Å². The Balaban J connectivity index is 2.10. The Morgan fingerprint density at radius 3 is 2.29 bits per heavy atom. The molecule has 0 unspecified atom stereocenters. The van der Waals surface area contributed by atoms with Gasteiger partial charge in [0.25, 0.3) is 0 Å². The minimum absolute atomic E-state index is 0.0490. The lowest BCUT2D eigenvalue weighted by atomic mass is 10.0. The number of nitrogens with one attached hydrogen (secondary N) is 1. The number of hydrogen-bond donors (Lipinski definition) is 1. The maximum atomic E-state index is 14.2. The van der Waals surface area contributed by atoms with E-state index in [1.54, 1.807) is 36.4 Å². The standard InChI is InChI=1S/C31H38ClN3O5S/c1-6-23(3)33-31(37)28(19-24-11-8-7-9-12-24)34(20-25-13-10-14-26(32)18-25)30(36)21-35(41(5,38)39)27-17-22(2)15-16-29(27)40-4/h7-18,23,28H,6,19-21H2,1-5H3,(H,33,37)/t23-,28+/m1/s1. The molecule has 0 heterocycles. The van der Waals surface area contributed by atoms with E-state index in [1.807, 2.05) is 57.2 Å². The summed E-state index contributed by atoms with van der Waals surface area (Å²) in [5, 5.41) is 3.50. The molecule has 2 atom stereocenters. The molecule has 0 aliphatic heterocycles. The first kappa shape index (κ1) is 32.0. The monoisotopic (exact) mass is 599 g/mol. The fourth-order valence-corrected chi connectivity index (χ4v) is 5.47. The average Bonchev–Trinajstić information content (AvgIpc) is 2.93. The Labute approximate surface area is 248 Å². The number of methoxy groups -OCH3 is 1. The van der Waals surface area contributed by atoms with Crippen molar-refractivity contribution in [3.63, 3.8) is 0 Å². The number of rotatable bonds is 13. The van der Waals surface area contributed by atoms with Crippen molar-refractivity contribution in [2.45, 2.75) is 52.2 Å². The van der Waals surface area contributed by atoms with E-state index in [1.165, 1.54) is 12.0 Å². The average molecular weight is 600 g/mol. The van der Waals surface area contributed by atoms with E-state index < -0.39 is 28.5 Å². The number of carbonyl (C=O) groups excluding carboxylic acids is 2. The van der Waals surface area contributed by atoms with Gasteiger partial charge >= 0.3 is 0 Å². The fraction of sp³-hybridized carbons (Fsp3) is 0.355. The molecule has 0 aromatic heterocycles. The van der Waals surface area contributed by atoms with Crippen LogP contribution in [-0.2, 0) is 32.6 Å². The van der Waals surface area contributed by atoms with E-state index in [2.05, 4.69) is 5.32 Å². The summed E-state index contributed by atoms with van der Waals surface area (Å²) in [5.41, 5.74) is 2.61. The van der Waals surface area contributed by atoms with Gasteiger partial charge in [0.15, 0.2) is 0 Å². The van der Waals surface area contributed by atoms with Gasteiger partial charge in [0, 0.05) is 24.0 Å². The number of sulfonamides is 1. The Morgan fingerprint density at radius 2 is 1.68 bits per heavy atom. The number of ether oxygens (including phenoxy) is 1. The predicted octanol–water partition coefficient (Wildman–Crippen LogP) is 4.98. The number of amides is 2. The van der Waals surface area contributed by atoms with Crippen LogP contribution in [0.3, 0.4) is 0 Å². The Morgan fingerprint density at radius 1 is 1.00 bits per heavy atom. The molecule has 0 aliphatic carbocycles. The molecular formula is C31H38ClN3O5S. The van der Waals surface area contributed by atoms with E-state index in [4.69, 9.17) is 16.3 Å². The van der Waals surface area contributed by atoms with Gasteiger partial charge in [-0.1, -0.05) is 67.1 Å². The predicted molar refractivity (Wildman–Crippen MR) is 164 cm³/mol. The van der Waals surface area contributed by atoms with Crippen LogP contribution in [0.4, 0.5) is 5.69 Å². The van der Waals surface area contributed by atoms with Gasteiger partial charge in [0.1, 0.15) is 18.3 Å². The second-order valence-corrected chi connectivity index (χ2v) is 12.5. The molecule has 0 aliphatic rings. The highest BCUT2D eigenvalue weighted by atomic mass is 35.5. The number of aryl methyl sites for hydroxylation is 1. The van der Waals surface area contributed by atoms with Crippen molar-refractivity contribution >= 4 is 39.1 Å². The third-order valence-corrected chi connectivity index (χ3v) is 8.16. The summed E-state index contributed by atoms with van der Waals surface area (Å²) in [5.74, 6) is -0.553. The number of halogens is 1. The van der Waals surface area contributed by atoms with E-state index in [0.717, 1.165) is 21.7 Å². The van der Waals surface area contributed by atoms with E-state index in [0.29, 0.717) is 22.8 Å². The smallest absolute Gasteiger partial charge is 0.244 e. The summed E-state index contributed by atoms with van der Waals surface area (Å²) in [6.07, 6.45) is 1.99. The molecule has 3 rings (SSSR count). The topological polar surface area (TPSA) is 96.0 Å². The van der Waals surface area contributed by atoms with Crippen molar-refractivity contribution in [1.82, 2.24) is 10.2 Å². The van der Waals surface area contributed by atoms with Gasteiger partial charge in [-0.05, 0) is 61.2 Å². The summed E-state index contributed by atoms with van der Waals surface area (Å²) in [4.78, 5) is 29.4. The highest BCUT2D eigenvalue weighted by Gasteiger charge is 2.34. The zero-order valence-electron chi connectivity index (χ0n) is 24.1. The van der Waals surface area contributed by atoms with Gasteiger partial charge < -0.3 is 15.0 Å². The Kier molecular flexibility index (Phi) is 11.2. The maximum Gasteiger partial charge on any atom is 0.244 e. The van der Waals surface area contributed by atoms with Crippen LogP contribution in [0.15, 0.2) is 72.8 Å². The summed E-state index contributed by atoms with van der Waals surface area (Å²) in [6, 6.07) is 20.5. The maximum absolute atomic E-state index is 14.2. The van der Waals surface area contributed by atoms with Crippen LogP contribution in [-0.4, -0.2) is 57.1 Å². The minimum atomic E-state index is -3.92. The molecule has 1 N–H and O–H groups in total. The molecule has 0 saturated carbocycles. The zero-order valence-corrected chi connectivity index (χ0v) is 25.7.